The van der Waals surface area contributed by atoms with Crippen molar-refractivity contribution in [2.24, 2.45) is 0 Å². The number of fused-ring (bicyclic) bond motifs is 1. The summed E-state index contributed by atoms with van der Waals surface area (Å²) < 4.78 is 37.7. The second-order valence-corrected chi connectivity index (χ2v) is 7.54. The summed E-state index contributed by atoms with van der Waals surface area (Å²) in [5.41, 5.74) is 5.14. The predicted molar refractivity (Wildman–Crippen MR) is 112 cm³/mol. The number of nitrogens with one attached hydrogen (secondary N) is 1. The zero-order valence-electron chi connectivity index (χ0n) is 17.5. The van der Waals surface area contributed by atoms with Crippen LogP contribution < -0.4 is 4.74 Å². The molecule has 2 heterocycles. The topological polar surface area (TPSA) is 78.5 Å². The lowest BCUT2D eigenvalue weighted by Crippen LogP contribution is -2.37. The number of carboxylic acid groups (broad SMARTS) is 1. The number of carbonyl (C=O) groups is 1. The molecular formula is C23H24F3N3O3. The minimum Gasteiger partial charge on any atom is -0.489 e. The lowest BCUT2D eigenvalue weighted by Gasteiger charge is -2.34. The standard InChI is InChI=1S/C21H23N3O.C2HF3O2/c1-16-9-18-7-8-21(25-14-17-5-3-2-4-6-17)10-19(18)12-24(16)13-20-11-22-15-23-20;3-2(4,5)1(6)7/h2-8,10-11,15-16H,9,12-14H2,1H3,(H,22,23);(H,6,7). The number of carboxylic acids is 1. The monoisotopic (exact) mass is 447 g/mol. The van der Waals surface area contributed by atoms with Crippen LogP contribution in [0.4, 0.5) is 13.2 Å². The van der Waals surface area contributed by atoms with Crippen LogP contribution in [0.5, 0.6) is 5.75 Å². The van der Waals surface area contributed by atoms with Crippen LogP contribution in [0, 0.1) is 0 Å². The van der Waals surface area contributed by atoms with Crippen molar-refractivity contribution in [1.82, 2.24) is 14.9 Å². The van der Waals surface area contributed by atoms with Crippen LogP contribution in [0.2, 0.25) is 0 Å². The zero-order chi connectivity index (χ0) is 23.1. The van der Waals surface area contributed by atoms with Gasteiger partial charge < -0.3 is 14.8 Å². The van der Waals surface area contributed by atoms with Crippen molar-refractivity contribution < 1.29 is 27.8 Å². The molecule has 0 saturated heterocycles. The van der Waals surface area contributed by atoms with E-state index in [1.54, 1.807) is 6.33 Å². The minimum atomic E-state index is -5.08. The quantitative estimate of drug-likeness (QED) is 0.599. The predicted octanol–water partition coefficient (Wildman–Crippen LogP) is 4.57. The Morgan fingerprint density at radius 1 is 1.22 bits per heavy atom. The first-order chi connectivity index (χ1) is 15.2. The van der Waals surface area contributed by atoms with Crippen molar-refractivity contribution >= 4 is 5.97 Å². The van der Waals surface area contributed by atoms with Crippen molar-refractivity contribution in [3.63, 3.8) is 0 Å². The fourth-order valence-electron chi connectivity index (χ4n) is 3.40. The molecule has 1 atom stereocenters. The molecule has 1 aliphatic rings. The summed E-state index contributed by atoms with van der Waals surface area (Å²) in [7, 11) is 0. The molecular weight excluding hydrogens is 423 g/mol. The Kier molecular flexibility index (Phi) is 7.53. The number of aromatic nitrogens is 2. The first-order valence-corrected chi connectivity index (χ1v) is 10.0. The smallest absolute Gasteiger partial charge is 0.489 e. The van der Waals surface area contributed by atoms with Crippen molar-refractivity contribution in [2.75, 3.05) is 0 Å². The third-order valence-electron chi connectivity index (χ3n) is 5.11. The molecule has 2 N–H and O–H groups in total. The van der Waals surface area contributed by atoms with E-state index in [0.717, 1.165) is 31.0 Å². The van der Waals surface area contributed by atoms with E-state index in [0.29, 0.717) is 12.6 Å². The summed E-state index contributed by atoms with van der Waals surface area (Å²) in [6.07, 6.45) is -0.364. The molecule has 2 aromatic carbocycles. The van der Waals surface area contributed by atoms with Gasteiger partial charge in [-0.3, -0.25) is 4.90 Å². The molecule has 1 unspecified atom stereocenters. The Bertz CT molecular complexity index is 1010. The lowest BCUT2D eigenvalue weighted by molar-refractivity contribution is -0.192. The van der Waals surface area contributed by atoms with Gasteiger partial charge in [0, 0.05) is 31.0 Å². The average Bonchev–Trinajstić information content (AvgIpc) is 3.26. The van der Waals surface area contributed by atoms with Gasteiger partial charge >= 0.3 is 12.1 Å². The molecule has 32 heavy (non-hydrogen) atoms. The number of halogens is 3. The van der Waals surface area contributed by atoms with Gasteiger partial charge in [0.2, 0.25) is 0 Å². The molecule has 0 saturated carbocycles. The number of hydrogen-bond donors (Lipinski definition) is 2. The van der Waals surface area contributed by atoms with Crippen molar-refractivity contribution in [2.45, 2.75) is 45.3 Å². The Morgan fingerprint density at radius 2 is 1.94 bits per heavy atom. The number of ether oxygens (including phenoxy) is 1. The highest BCUT2D eigenvalue weighted by Crippen LogP contribution is 2.28. The van der Waals surface area contributed by atoms with Gasteiger partial charge in [-0.25, -0.2) is 9.78 Å². The molecule has 170 valence electrons. The van der Waals surface area contributed by atoms with Crippen LogP contribution in [0.1, 0.15) is 29.3 Å². The maximum Gasteiger partial charge on any atom is 0.490 e. The normalized spacial score (nSPS) is 15.9. The SMILES string of the molecule is CC1Cc2ccc(OCc3ccccc3)cc2CN1Cc1cnc[nH]1.O=C(O)C(F)(F)F. The van der Waals surface area contributed by atoms with Crippen LogP contribution in [-0.2, 0) is 30.9 Å². The van der Waals surface area contributed by atoms with E-state index < -0.39 is 12.1 Å². The first kappa shape index (κ1) is 23.3. The molecule has 0 fully saturated rings. The van der Waals surface area contributed by atoms with Crippen LogP contribution in [0.3, 0.4) is 0 Å². The third kappa shape index (κ3) is 6.58. The van der Waals surface area contributed by atoms with Gasteiger partial charge in [0.05, 0.1) is 6.33 Å². The molecule has 6 nitrogen and oxygen atoms in total. The van der Waals surface area contributed by atoms with Gasteiger partial charge in [0.1, 0.15) is 12.4 Å². The van der Waals surface area contributed by atoms with Crippen LogP contribution in [0.25, 0.3) is 0 Å². The minimum absolute atomic E-state index is 0.520. The van der Waals surface area contributed by atoms with Gasteiger partial charge in [0.15, 0.2) is 0 Å². The van der Waals surface area contributed by atoms with E-state index in [1.807, 2.05) is 24.4 Å². The van der Waals surface area contributed by atoms with Crippen molar-refractivity contribution in [1.29, 1.82) is 0 Å². The summed E-state index contributed by atoms with van der Waals surface area (Å²) in [6.45, 7) is 4.74. The van der Waals surface area contributed by atoms with Crippen molar-refractivity contribution in [3.05, 3.63) is 83.4 Å². The summed E-state index contributed by atoms with van der Waals surface area (Å²) in [5, 5.41) is 7.12. The third-order valence-corrected chi connectivity index (χ3v) is 5.11. The summed E-state index contributed by atoms with van der Waals surface area (Å²) in [5.74, 6) is -1.81. The fraction of sp³-hybridized carbons (Fsp3) is 0.304. The molecule has 1 aliphatic heterocycles. The molecule has 0 bridgehead atoms. The van der Waals surface area contributed by atoms with Gasteiger partial charge in [-0.2, -0.15) is 13.2 Å². The number of benzene rings is 2. The Morgan fingerprint density at radius 3 is 2.56 bits per heavy atom. The highest BCUT2D eigenvalue weighted by atomic mass is 19.4. The van der Waals surface area contributed by atoms with E-state index in [2.05, 4.69) is 52.1 Å². The number of alkyl halides is 3. The van der Waals surface area contributed by atoms with E-state index >= 15 is 0 Å². The van der Waals surface area contributed by atoms with E-state index in [-0.39, 0.29) is 0 Å². The van der Waals surface area contributed by atoms with Gasteiger partial charge in [-0.05, 0) is 42.2 Å². The maximum absolute atomic E-state index is 10.6. The lowest BCUT2D eigenvalue weighted by atomic mass is 9.94. The van der Waals surface area contributed by atoms with Gasteiger partial charge in [0.25, 0.3) is 0 Å². The van der Waals surface area contributed by atoms with Gasteiger partial charge in [-0.1, -0.05) is 36.4 Å². The van der Waals surface area contributed by atoms with Crippen LogP contribution in [-0.4, -0.2) is 38.2 Å². The highest BCUT2D eigenvalue weighted by Gasteiger charge is 2.38. The zero-order valence-corrected chi connectivity index (χ0v) is 17.5. The highest BCUT2D eigenvalue weighted by molar-refractivity contribution is 5.73. The second-order valence-electron chi connectivity index (χ2n) is 7.54. The van der Waals surface area contributed by atoms with E-state index in [9.17, 15) is 13.2 Å². The summed E-state index contributed by atoms with van der Waals surface area (Å²) >= 11 is 0. The summed E-state index contributed by atoms with van der Waals surface area (Å²) in [4.78, 5) is 18.7. The Labute approximate surface area is 183 Å². The molecule has 3 aromatic rings. The number of H-pyrrole nitrogens is 1. The number of aromatic amines is 1. The maximum atomic E-state index is 10.6. The average molecular weight is 447 g/mol. The molecule has 4 rings (SSSR count). The van der Waals surface area contributed by atoms with E-state index in [1.165, 1.54) is 16.7 Å². The van der Waals surface area contributed by atoms with Crippen LogP contribution >= 0.6 is 0 Å². The molecule has 0 aliphatic carbocycles. The molecule has 9 heteroatoms. The number of imidazole rings is 1. The number of hydrogen-bond acceptors (Lipinski definition) is 4. The molecule has 1 aromatic heterocycles. The first-order valence-electron chi connectivity index (χ1n) is 10.0. The Balaban J connectivity index is 0.000000360. The van der Waals surface area contributed by atoms with Crippen molar-refractivity contribution in [3.8, 4) is 5.75 Å². The Hall–Kier alpha value is -3.33. The number of nitrogens with zero attached hydrogens (tertiary/aromatic N) is 2. The van der Waals surface area contributed by atoms with Gasteiger partial charge in [-0.15, -0.1) is 0 Å². The van der Waals surface area contributed by atoms with E-state index in [4.69, 9.17) is 14.6 Å². The molecule has 0 spiro atoms. The summed E-state index contributed by atoms with van der Waals surface area (Å²) in [6, 6.07) is 17.3. The van der Waals surface area contributed by atoms with Crippen LogP contribution in [0.15, 0.2) is 61.1 Å². The molecule has 0 radical (unpaired) electrons. The molecule has 0 amide bonds. The number of rotatable bonds is 5. The fourth-order valence-corrected chi connectivity index (χ4v) is 3.40. The second kappa shape index (κ2) is 10.3. The number of aliphatic carboxylic acids is 1. The largest absolute Gasteiger partial charge is 0.490 e.